The van der Waals surface area contributed by atoms with Crippen LogP contribution in [-0.2, 0) is 33.2 Å². The number of rotatable bonds is 26. The fraction of sp³-hybridized carbons (Fsp3) is 0.981. The van der Waals surface area contributed by atoms with Gasteiger partial charge in [-0.15, -0.1) is 0 Å². The summed E-state index contributed by atoms with van der Waals surface area (Å²) in [4.78, 5) is 16.7. The van der Waals surface area contributed by atoms with Gasteiger partial charge in [0.15, 0.2) is 0 Å². The zero-order valence-corrected chi connectivity index (χ0v) is 92.0. The summed E-state index contributed by atoms with van der Waals surface area (Å²) >= 11 is 0. The normalized spacial score (nSPS) is 31.7. The first-order chi connectivity index (χ1) is 59.2. The largest absolute Gasteiger partial charge is 0.396 e. The molecule has 0 aromatic carbocycles. The molecular formula is C107H210F3N7O14. The van der Waals surface area contributed by atoms with Crippen molar-refractivity contribution in [2.45, 2.75) is 471 Å². The van der Waals surface area contributed by atoms with Gasteiger partial charge in [-0.3, -0.25) is 34.3 Å². The van der Waals surface area contributed by atoms with Crippen molar-refractivity contribution in [1.82, 2.24) is 34.3 Å². The van der Waals surface area contributed by atoms with Crippen molar-refractivity contribution in [2.75, 3.05) is 151 Å². The number of aliphatic hydroxyl groups excluding tert-OH is 7. The molecule has 0 radical (unpaired) electrons. The Hall–Kier alpha value is -1.31. The molecule has 7 heterocycles. The number of nitrogens with zero attached hydrogens (tertiary/aromatic N) is 7. The fourth-order valence-corrected chi connectivity index (χ4v) is 21.7. The fourth-order valence-electron chi connectivity index (χ4n) is 21.7. The lowest BCUT2D eigenvalue weighted by atomic mass is 9.50. The molecule has 0 amide bonds. The molecule has 24 heteroatoms. The van der Waals surface area contributed by atoms with Crippen molar-refractivity contribution < 1.29 is 82.1 Å². The molecule has 131 heavy (non-hydrogen) atoms. The number of ether oxygens (including phenoxy) is 7. The van der Waals surface area contributed by atoms with Gasteiger partial charge in [-0.05, 0) is 358 Å². The molecule has 7 saturated heterocycles. The van der Waals surface area contributed by atoms with Gasteiger partial charge >= 0.3 is 6.18 Å². The highest BCUT2D eigenvalue weighted by molar-refractivity contribution is 5.19. The quantitative estimate of drug-likeness (QED) is 0.0399. The van der Waals surface area contributed by atoms with Gasteiger partial charge in [-0.1, -0.05) is 32.4 Å². The summed E-state index contributed by atoms with van der Waals surface area (Å²) < 4.78 is 79.9. The maximum Gasteiger partial charge on any atom is 0.395 e. The summed E-state index contributed by atoms with van der Waals surface area (Å²) in [5.74, 6) is -1.39. The zero-order valence-electron chi connectivity index (χ0n) is 92.0. The molecular weight excluding hydrogens is 1660 g/mol. The van der Waals surface area contributed by atoms with E-state index >= 15 is 0 Å². The average Bonchev–Trinajstić information content (AvgIpc) is 1.56. The van der Waals surface area contributed by atoms with Gasteiger partial charge in [0.2, 0.25) is 0 Å². The van der Waals surface area contributed by atoms with Crippen LogP contribution in [0.1, 0.15) is 354 Å². The third kappa shape index (κ3) is 34.2. The molecule has 2 saturated carbocycles. The van der Waals surface area contributed by atoms with Crippen LogP contribution in [0.2, 0.25) is 0 Å². The van der Waals surface area contributed by atoms with Crippen LogP contribution in [0.3, 0.4) is 0 Å². The molecule has 9 fully saturated rings. The molecule has 15 unspecified atom stereocenters. The Balaban J connectivity index is 0.000000321. The number of hydrogen-bond acceptors (Lipinski definition) is 21. The molecule has 0 aromatic heterocycles. The number of fused-ring (bicyclic) bond motifs is 3. The minimum atomic E-state index is -4.43. The van der Waals surface area contributed by atoms with E-state index in [1.54, 1.807) is 4.90 Å². The highest BCUT2D eigenvalue weighted by Gasteiger charge is 2.66. The first kappa shape index (κ1) is 122. The summed E-state index contributed by atoms with van der Waals surface area (Å²) in [6.07, 6.45) is 12.5. The third-order valence-electron chi connectivity index (χ3n) is 31.2. The van der Waals surface area contributed by atoms with E-state index in [-0.39, 0.29) is 157 Å². The summed E-state index contributed by atoms with van der Waals surface area (Å²) in [5, 5.41) is 70.2. The summed E-state index contributed by atoms with van der Waals surface area (Å²) in [6.45, 7) is 101. The molecule has 778 valence electrons. The molecule has 10 rings (SSSR count). The lowest BCUT2D eigenvalue weighted by molar-refractivity contribution is -0.206. The van der Waals surface area contributed by atoms with Crippen LogP contribution in [0.15, 0.2) is 12.2 Å². The van der Waals surface area contributed by atoms with E-state index in [1.807, 2.05) is 69.2 Å². The highest BCUT2D eigenvalue weighted by atomic mass is 19.4. The van der Waals surface area contributed by atoms with Crippen LogP contribution in [0.5, 0.6) is 0 Å². The number of alkyl halides is 3. The van der Waals surface area contributed by atoms with E-state index in [1.165, 1.54) is 38.5 Å². The minimum Gasteiger partial charge on any atom is -0.396 e. The molecule has 7 aliphatic heterocycles. The molecule has 10 aliphatic rings. The smallest absolute Gasteiger partial charge is 0.395 e. The monoisotopic (exact) mass is 1870 g/mol. The van der Waals surface area contributed by atoms with Crippen LogP contribution < -0.4 is 0 Å². The van der Waals surface area contributed by atoms with Crippen LogP contribution in [0, 0.1) is 55.2 Å². The molecule has 0 spiro atoms. The Kier molecular flexibility index (Phi) is 44.0. The lowest BCUT2D eigenvalue weighted by Gasteiger charge is -2.54. The maximum atomic E-state index is 13.2. The maximum absolute atomic E-state index is 13.2. The molecule has 21 nitrogen and oxygen atoms in total. The van der Waals surface area contributed by atoms with Crippen molar-refractivity contribution in [3.63, 3.8) is 0 Å². The van der Waals surface area contributed by atoms with E-state index in [9.17, 15) is 48.9 Å². The van der Waals surface area contributed by atoms with Gasteiger partial charge in [0.25, 0.3) is 0 Å². The van der Waals surface area contributed by atoms with Gasteiger partial charge in [0.05, 0.1) is 125 Å². The van der Waals surface area contributed by atoms with Crippen LogP contribution in [-0.4, -0.2) is 338 Å². The number of aliphatic hydroxyl groups is 7. The first-order valence-electron chi connectivity index (χ1n) is 51.1. The minimum absolute atomic E-state index is 0.0132. The SMILES string of the molecule is CC(C)(C)OCC1C(C(F)(F)F)C(O)CN1C(C)(C)C.CC(C)(C)OCCC12CCC1(CO)CN(C(C)(C)C)C2.CC(C)(C)OCCC12CCCC1(CO)CN(C(C)(C)C)C2.CC(C)OCC(O)C1CCCN1C(C)(C)C.CC(C)OCC(O)C1CCN(C(C)(C)C)C1.CC(C)OCC1(C)CN(C(C)(C)C)CC1(C)CO.CC(C)OCC12CC=CCC1(CO)CN(C(C)(C)C)C2. The Labute approximate surface area is 801 Å². The average molecular weight is 1880 g/mol. The van der Waals surface area contributed by atoms with Crippen molar-refractivity contribution in [3.8, 4) is 0 Å². The highest BCUT2D eigenvalue weighted by Crippen LogP contribution is 2.65. The predicted molar refractivity (Wildman–Crippen MR) is 533 cm³/mol. The first-order valence-corrected chi connectivity index (χ1v) is 51.1. The van der Waals surface area contributed by atoms with Crippen molar-refractivity contribution >= 4 is 0 Å². The molecule has 7 N–H and O–H groups in total. The second-order valence-electron chi connectivity index (χ2n) is 53.5. The van der Waals surface area contributed by atoms with Gasteiger partial charge in [-0.25, -0.2) is 0 Å². The van der Waals surface area contributed by atoms with Gasteiger partial charge in [0.1, 0.15) is 0 Å². The molecule has 0 bridgehead atoms. The van der Waals surface area contributed by atoms with E-state index in [4.69, 9.17) is 33.2 Å². The predicted octanol–water partition coefficient (Wildman–Crippen LogP) is 18.6. The van der Waals surface area contributed by atoms with Crippen LogP contribution in [0.4, 0.5) is 13.2 Å². The second-order valence-corrected chi connectivity index (χ2v) is 53.5. The Bertz CT molecular complexity index is 3330. The van der Waals surface area contributed by atoms with Crippen LogP contribution >= 0.6 is 0 Å². The summed E-state index contributed by atoms with van der Waals surface area (Å²) in [6, 6.07) is -0.594. The molecule has 15 atom stereocenters. The van der Waals surface area contributed by atoms with Crippen LogP contribution in [0.25, 0.3) is 0 Å². The van der Waals surface area contributed by atoms with Gasteiger partial charge < -0.3 is 68.9 Å². The van der Waals surface area contributed by atoms with Crippen molar-refractivity contribution in [2.24, 2.45) is 55.2 Å². The zero-order chi connectivity index (χ0) is 101. The molecule has 3 aliphatic carbocycles. The van der Waals surface area contributed by atoms with Crippen molar-refractivity contribution in [1.29, 1.82) is 0 Å². The van der Waals surface area contributed by atoms with E-state index in [0.29, 0.717) is 39.0 Å². The van der Waals surface area contributed by atoms with E-state index in [2.05, 4.69) is 249 Å². The Morgan fingerprint density at radius 2 is 0.740 bits per heavy atom. The third-order valence-corrected chi connectivity index (χ3v) is 31.2. The summed E-state index contributed by atoms with van der Waals surface area (Å²) in [7, 11) is 0. The topological polar surface area (TPSA) is 229 Å². The second kappa shape index (κ2) is 47.3. The summed E-state index contributed by atoms with van der Waals surface area (Å²) in [5.41, 5.74) is 0.631. The number of β-amino-alcohol motifs (C(OH)–C–C–N with tert-alkyl or cyclic N) is 1. The Morgan fingerprint density at radius 3 is 1.12 bits per heavy atom. The van der Waals surface area contributed by atoms with E-state index < -0.39 is 35.4 Å². The number of likely N-dealkylation sites (tertiary alicyclic amines) is 7. The van der Waals surface area contributed by atoms with Gasteiger partial charge in [-0.2, -0.15) is 13.2 Å². The number of allylic oxidation sites excluding steroid dienone is 2. The standard InChI is InChI=1S/C18H35NO2.C17H33NO2.C17H31NO2.C15H31NO2.C14H26F3NO2.2C13H27NO2/c1-15(2,3)19-12-17(10-11-21-16(4,5)6)8-7-9-18(17,13-19)14-20;1-14(2,3)18-11-16(9-10-20-15(4,5)6)7-8-17(16,12-18)13-19;1-14(2)20-13-17-9-7-6-8-16(17,12-19)10-18(11-17)15(3,4)5;1-12(2)18-11-15(7)9-16(13(3,4)5)8-14(15,6)10-17;1-12(2,3)18-7-10(19)11(14(15,16)17)9(18)8-20-13(4,5)6;1-10(2)16-9-12(15)11-6-7-14(8-11)13(3,4)5;1-10(2)16-9-12(15)11-7-6-8-14(11)13(3,4)5/h20H,7-14H2,1-6H3;19H,7-13H2,1-6H3;6-7,14,19H,8-13H2,1-5H3;12,17H,8-11H2,1-7H3;9-11,19H,7-8H2,1-6H3;2*10-12,15H,6-9H2,1-5H3. The number of hydrogen-bond donors (Lipinski definition) is 7. The van der Waals surface area contributed by atoms with Crippen molar-refractivity contribution in [3.05, 3.63) is 12.2 Å². The Morgan fingerprint density at radius 1 is 0.374 bits per heavy atom. The lowest BCUT2D eigenvalue weighted by Crippen LogP contribution is -2.53. The number of halogens is 3. The van der Waals surface area contributed by atoms with E-state index in [0.717, 1.165) is 130 Å². The molecule has 0 aromatic rings. The van der Waals surface area contributed by atoms with Gasteiger partial charge in [0, 0.05) is 168 Å².